The Morgan fingerprint density at radius 2 is 2.33 bits per heavy atom. The van der Waals surface area contributed by atoms with Gasteiger partial charge in [0, 0.05) is 0 Å². The van der Waals surface area contributed by atoms with E-state index in [9.17, 15) is 4.79 Å². The predicted molar refractivity (Wildman–Crippen MR) is 64.1 cm³/mol. The first kappa shape index (κ1) is 12.4. The summed E-state index contributed by atoms with van der Waals surface area (Å²) >= 11 is 5.99. The van der Waals surface area contributed by atoms with Crippen LogP contribution >= 0.6 is 11.6 Å². The SMILES string of the molecule is COc1ccc(Cn2cc(C(=O)O)nn2)cc1Cl. The number of methoxy groups -OCH3 is 1. The number of ether oxygens (including phenoxy) is 1. The number of benzene rings is 1. The predicted octanol–water partition coefficient (Wildman–Crippen LogP) is 1.69. The van der Waals surface area contributed by atoms with Gasteiger partial charge in [-0.15, -0.1) is 5.10 Å². The molecule has 1 heterocycles. The maximum atomic E-state index is 10.7. The van der Waals surface area contributed by atoms with Gasteiger partial charge in [-0.25, -0.2) is 9.48 Å². The monoisotopic (exact) mass is 267 g/mol. The van der Waals surface area contributed by atoms with E-state index < -0.39 is 5.97 Å². The number of carboxylic acid groups (broad SMARTS) is 1. The van der Waals surface area contributed by atoms with Gasteiger partial charge in [0.1, 0.15) is 5.75 Å². The smallest absolute Gasteiger partial charge is 0.358 e. The molecule has 0 fully saturated rings. The number of carboxylic acids is 1. The van der Waals surface area contributed by atoms with Crippen molar-refractivity contribution in [2.45, 2.75) is 6.54 Å². The topological polar surface area (TPSA) is 77.2 Å². The summed E-state index contributed by atoms with van der Waals surface area (Å²) in [6.45, 7) is 0.393. The highest BCUT2D eigenvalue weighted by molar-refractivity contribution is 6.32. The van der Waals surface area contributed by atoms with E-state index >= 15 is 0 Å². The molecular weight excluding hydrogens is 258 g/mol. The summed E-state index contributed by atoms with van der Waals surface area (Å²) < 4.78 is 6.47. The molecule has 18 heavy (non-hydrogen) atoms. The number of hydrogen-bond donors (Lipinski definition) is 1. The van der Waals surface area contributed by atoms with Crippen molar-refractivity contribution < 1.29 is 14.6 Å². The Labute approximate surface area is 108 Å². The van der Waals surface area contributed by atoms with Crippen LogP contribution in [0.2, 0.25) is 5.02 Å². The van der Waals surface area contributed by atoms with E-state index in [1.807, 2.05) is 6.07 Å². The zero-order chi connectivity index (χ0) is 13.1. The third kappa shape index (κ3) is 2.60. The van der Waals surface area contributed by atoms with Gasteiger partial charge in [0.25, 0.3) is 0 Å². The minimum absolute atomic E-state index is 0.0883. The molecule has 0 amide bonds. The van der Waals surface area contributed by atoms with Gasteiger partial charge in [-0.1, -0.05) is 22.9 Å². The molecule has 1 N–H and O–H groups in total. The van der Waals surface area contributed by atoms with Crippen molar-refractivity contribution in [2.75, 3.05) is 7.11 Å². The summed E-state index contributed by atoms with van der Waals surface area (Å²) in [6.07, 6.45) is 1.36. The number of aromatic nitrogens is 3. The Morgan fingerprint density at radius 1 is 1.56 bits per heavy atom. The molecule has 0 bridgehead atoms. The van der Waals surface area contributed by atoms with Crippen LogP contribution in [-0.2, 0) is 6.54 Å². The molecular formula is C11H10ClN3O3. The number of carbonyl (C=O) groups is 1. The van der Waals surface area contributed by atoms with E-state index in [1.165, 1.54) is 18.0 Å². The first-order valence-electron chi connectivity index (χ1n) is 5.06. The lowest BCUT2D eigenvalue weighted by Gasteiger charge is -2.05. The van der Waals surface area contributed by atoms with E-state index in [2.05, 4.69) is 10.3 Å². The van der Waals surface area contributed by atoms with Crippen molar-refractivity contribution in [3.05, 3.63) is 40.7 Å². The van der Waals surface area contributed by atoms with Crippen LogP contribution in [0.15, 0.2) is 24.4 Å². The van der Waals surface area contributed by atoms with Crippen molar-refractivity contribution in [3.63, 3.8) is 0 Å². The Bertz CT molecular complexity index is 583. The number of halogens is 1. The van der Waals surface area contributed by atoms with Crippen LogP contribution in [-0.4, -0.2) is 33.2 Å². The molecule has 1 aromatic carbocycles. The number of hydrogen-bond acceptors (Lipinski definition) is 4. The highest BCUT2D eigenvalue weighted by atomic mass is 35.5. The van der Waals surface area contributed by atoms with Crippen molar-refractivity contribution in [1.29, 1.82) is 0 Å². The third-order valence-corrected chi connectivity index (χ3v) is 2.61. The molecule has 0 saturated carbocycles. The summed E-state index contributed by atoms with van der Waals surface area (Å²) in [4.78, 5) is 10.7. The van der Waals surface area contributed by atoms with Crippen LogP contribution in [0.3, 0.4) is 0 Å². The molecule has 0 spiro atoms. The highest BCUT2D eigenvalue weighted by Gasteiger charge is 2.09. The lowest BCUT2D eigenvalue weighted by molar-refractivity contribution is 0.0690. The van der Waals surface area contributed by atoms with Crippen LogP contribution in [0, 0.1) is 0 Å². The summed E-state index contributed by atoms with van der Waals surface area (Å²) in [7, 11) is 1.54. The lowest BCUT2D eigenvalue weighted by atomic mass is 10.2. The zero-order valence-electron chi connectivity index (χ0n) is 9.50. The maximum Gasteiger partial charge on any atom is 0.358 e. The second-order valence-electron chi connectivity index (χ2n) is 3.58. The molecule has 0 radical (unpaired) electrons. The zero-order valence-corrected chi connectivity index (χ0v) is 10.3. The van der Waals surface area contributed by atoms with E-state index in [4.69, 9.17) is 21.4 Å². The van der Waals surface area contributed by atoms with Crippen LogP contribution < -0.4 is 4.74 Å². The van der Waals surface area contributed by atoms with E-state index in [0.29, 0.717) is 17.3 Å². The number of aromatic carboxylic acids is 1. The molecule has 0 aliphatic carbocycles. The highest BCUT2D eigenvalue weighted by Crippen LogP contribution is 2.25. The molecule has 0 saturated heterocycles. The molecule has 94 valence electrons. The first-order valence-corrected chi connectivity index (χ1v) is 5.44. The fraction of sp³-hybridized carbons (Fsp3) is 0.182. The van der Waals surface area contributed by atoms with E-state index in [1.54, 1.807) is 12.1 Å². The third-order valence-electron chi connectivity index (χ3n) is 2.32. The van der Waals surface area contributed by atoms with Crippen molar-refractivity contribution in [2.24, 2.45) is 0 Å². The second kappa shape index (κ2) is 5.05. The van der Waals surface area contributed by atoms with Gasteiger partial charge in [-0.05, 0) is 17.7 Å². The average molecular weight is 268 g/mol. The normalized spacial score (nSPS) is 10.3. The fourth-order valence-electron chi connectivity index (χ4n) is 1.47. The largest absolute Gasteiger partial charge is 0.495 e. The Morgan fingerprint density at radius 3 is 2.89 bits per heavy atom. The maximum absolute atomic E-state index is 10.7. The lowest BCUT2D eigenvalue weighted by Crippen LogP contribution is -2.01. The van der Waals surface area contributed by atoms with Crippen LogP contribution in [0.5, 0.6) is 5.75 Å². The van der Waals surface area contributed by atoms with Crippen LogP contribution in [0.25, 0.3) is 0 Å². The van der Waals surface area contributed by atoms with Crippen LogP contribution in [0.4, 0.5) is 0 Å². The molecule has 2 rings (SSSR count). The molecule has 0 aliphatic rings. The minimum atomic E-state index is -1.10. The summed E-state index contributed by atoms with van der Waals surface area (Å²) in [5.41, 5.74) is 0.789. The molecule has 0 atom stereocenters. The molecule has 2 aromatic rings. The van der Waals surface area contributed by atoms with Gasteiger partial charge in [0.2, 0.25) is 0 Å². The fourth-order valence-corrected chi connectivity index (χ4v) is 1.75. The van der Waals surface area contributed by atoms with E-state index in [0.717, 1.165) is 5.56 Å². The average Bonchev–Trinajstić information content (AvgIpc) is 2.78. The van der Waals surface area contributed by atoms with Crippen LogP contribution in [0.1, 0.15) is 16.1 Å². The molecule has 7 heteroatoms. The Hall–Kier alpha value is -2.08. The minimum Gasteiger partial charge on any atom is -0.495 e. The van der Waals surface area contributed by atoms with Gasteiger partial charge in [-0.2, -0.15) is 0 Å². The first-order chi connectivity index (χ1) is 8.60. The molecule has 0 aliphatic heterocycles. The van der Waals surface area contributed by atoms with E-state index in [-0.39, 0.29) is 5.69 Å². The summed E-state index contributed by atoms with van der Waals surface area (Å²) in [5, 5.41) is 16.5. The quantitative estimate of drug-likeness (QED) is 0.912. The second-order valence-corrected chi connectivity index (χ2v) is 3.98. The number of nitrogens with zero attached hydrogens (tertiary/aromatic N) is 3. The Kier molecular flexibility index (Phi) is 3.47. The van der Waals surface area contributed by atoms with Crippen molar-refractivity contribution in [1.82, 2.24) is 15.0 Å². The van der Waals surface area contributed by atoms with Crippen molar-refractivity contribution >= 4 is 17.6 Å². The number of rotatable bonds is 4. The van der Waals surface area contributed by atoms with Gasteiger partial charge < -0.3 is 9.84 Å². The summed E-state index contributed by atoms with van der Waals surface area (Å²) in [5.74, 6) is -0.515. The van der Waals surface area contributed by atoms with Gasteiger partial charge >= 0.3 is 5.97 Å². The Balaban J connectivity index is 2.18. The molecule has 0 unspecified atom stereocenters. The molecule has 6 nitrogen and oxygen atoms in total. The van der Waals surface area contributed by atoms with Gasteiger partial charge in [-0.3, -0.25) is 0 Å². The molecule has 1 aromatic heterocycles. The van der Waals surface area contributed by atoms with Crippen molar-refractivity contribution in [3.8, 4) is 5.75 Å². The summed E-state index contributed by atoms with van der Waals surface area (Å²) in [6, 6.07) is 5.31. The standard InChI is InChI=1S/C11H10ClN3O3/c1-18-10-3-2-7(4-8(10)12)5-15-6-9(11(16)17)13-14-15/h2-4,6H,5H2,1H3,(H,16,17). The van der Waals surface area contributed by atoms with Gasteiger partial charge in [0.05, 0.1) is 24.9 Å². The van der Waals surface area contributed by atoms with Gasteiger partial charge in [0.15, 0.2) is 5.69 Å².